The molecule has 0 bridgehead atoms. The van der Waals surface area contributed by atoms with Crippen molar-refractivity contribution in [3.63, 3.8) is 0 Å². The van der Waals surface area contributed by atoms with Crippen LogP contribution >= 0.6 is 0 Å². The van der Waals surface area contributed by atoms with Crippen molar-refractivity contribution in [1.29, 1.82) is 0 Å². The lowest BCUT2D eigenvalue weighted by molar-refractivity contribution is -0.120. The Kier molecular flexibility index (Phi) is 5.17. The van der Waals surface area contributed by atoms with Crippen LogP contribution in [0.1, 0.15) is 44.4 Å². The zero-order valence-electron chi connectivity index (χ0n) is 13.1. The molecule has 0 aliphatic carbocycles. The number of benzene rings is 1. The summed E-state index contributed by atoms with van der Waals surface area (Å²) in [7, 11) is 0. The molecule has 20 heavy (non-hydrogen) atoms. The number of phenols is 1. The molecule has 0 aliphatic rings. The SMILES string of the molecule is Cc1cc(CC(=O)NCC(C)N)c(O)c(C(C)(C)C)c1. The average molecular weight is 278 g/mol. The summed E-state index contributed by atoms with van der Waals surface area (Å²) in [5.41, 5.74) is 8.02. The summed E-state index contributed by atoms with van der Waals surface area (Å²) in [6.07, 6.45) is 0.170. The van der Waals surface area contributed by atoms with Gasteiger partial charge in [-0.05, 0) is 24.8 Å². The lowest BCUT2D eigenvalue weighted by atomic mass is 9.83. The molecular weight excluding hydrogens is 252 g/mol. The molecule has 0 spiro atoms. The molecule has 1 rings (SSSR count). The van der Waals surface area contributed by atoms with Gasteiger partial charge in [0.2, 0.25) is 5.91 Å². The van der Waals surface area contributed by atoms with Gasteiger partial charge in [-0.25, -0.2) is 0 Å². The van der Waals surface area contributed by atoms with E-state index in [1.807, 2.05) is 46.8 Å². The van der Waals surface area contributed by atoms with Crippen LogP contribution in [-0.2, 0) is 16.6 Å². The van der Waals surface area contributed by atoms with E-state index < -0.39 is 0 Å². The van der Waals surface area contributed by atoms with Crippen LogP contribution in [0.5, 0.6) is 5.75 Å². The van der Waals surface area contributed by atoms with Crippen molar-refractivity contribution in [3.05, 3.63) is 28.8 Å². The molecule has 4 N–H and O–H groups in total. The standard InChI is InChI=1S/C16H26N2O2/c1-10-6-12(8-14(19)18-9-11(2)17)15(20)13(7-10)16(3,4)5/h6-7,11,20H,8-9,17H2,1-5H3,(H,18,19). The normalized spacial score (nSPS) is 13.1. The number of hydrogen-bond acceptors (Lipinski definition) is 3. The van der Waals surface area contributed by atoms with E-state index in [2.05, 4.69) is 5.32 Å². The molecule has 0 radical (unpaired) electrons. The Morgan fingerprint density at radius 1 is 1.40 bits per heavy atom. The number of carbonyl (C=O) groups is 1. The summed E-state index contributed by atoms with van der Waals surface area (Å²) in [5.74, 6) is 0.0992. The number of nitrogens with two attached hydrogens (primary N) is 1. The molecule has 1 unspecified atom stereocenters. The number of phenolic OH excluding ortho intramolecular Hbond substituents is 1. The van der Waals surface area contributed by atoms with E-state index in [1.54, 1.807) is 0 Å². The smallest absolute Gasteiger partial charge is 0.224 e. The summed E-state index contributed by atoms with van der Waals surface area (Å²) < 4.78 is 0. The van der Waals surface area contributed by atoms with Gasteiger partial charge in [-0.2, -0.15) is 0 Å². The molecule has 0 aromatic heterocycles. The minimum absolute atomic E-state index is 0.0739. The third-order valence-corrected chi connectivity index (χ3v) is 3.11. The average Bonchev–Trinajstić information content (AvgIpc) is 2.29. The molecule has 4 heteroatoms. The molecule has 1 amide bonds. The van der Waals surface area contributed by atoms with Gasteiger partial charge in [-0.1, -0.05) is 38.5 Å². The van der Waals surface area contributed by atoms with Crippen LogP contribution < -0.4 is 11.1 Å². The molecular formula is C16H26N2O2. The van der Waals surface area contributed by atoms with Crippen LogP contribution in [0.2, 0.25) is 0 Å². The summed E-state index contributed by atoms with van der Waals surface area (Å²) >= 11 is 0. The number of amides is 1. The predicted octanol–water partition coefficient (Wildman–Crippen LogP) is 2.00. The van der Waals surface area contributed by atoms with Crippen molar-refractivity contribution < 1.29 is 9.90 Å². The Balaban J connectivity index is 2.96. The lowest BCUT2D eigenvalue weighted by Gasteiger charge is -2.23. The van der Waals surface area contributed by atoms with Crippen molar-refractivity contribution >= 4 is 5.91 Å². The van der Waals surface area contributed by atoms with Crippen molar-refractivity contribution in [2.24, 2.45) is 5.73 Å². The molecule has 1 aromatic carbocycles. The molecule has 0 fully saturated rings. The molecule has 1 aromatic rings. The number of carbonyl (C=O) groups excluding carboxylic acids is 1. The second-order valence-corrected chi connectivity index (χ2v) is 6.53. The highest BCUT2D eigenvalue weighted by Gasteiger charge is 2.21. The van der Waals surface area contributed by atoms with E-state index in [4.69, 9.17) is 5.73 Å². The quantitative estimate of drug-likeness (QED) is 0.788. The summed E-state index contributed by atoms with van der Waals surface area (Å²) in [4.78, 5) is 11.9. The molecule has 0 aliphatic heterocycles. The first-order valence-corrected chi connectivity index (χ1v) is 6.96. The minimum atomic E-state index is -0.160. The zero-order valence-corrected chi connectivity index (χ0v) is 13.1. The van der Waals surface area contributed by atoms with Gasteiger partial charge >= 0.3 is 0 Å². The fourth-order valence-corrected chi connectivity index (χ4v) is 2.07. The van der Waals surface area contributed by atoms with Gasteiger partial charge in [0.25, 0.3) is 0 Å². The van der Waals surface area contributed by atoms with Gasteiger partial charge in [-0.3, -0.25) is 4.79 Å². The molecule has 0 heterocycles. The van der Waals surface area contributed by atoms with Gasteiger partial charge in [0.05, 0.1) is 6.42 Å². The Labute approximate surface area is 121 Å². The van der Waals surface area contributed by atoms with E-state index in [-0.39, 0.29) is 29.5 Å². The van der Waals surface area contributed by atoms with Crippen LogP contribution in [0.25, 0.3) is 0 Å². The second-order valence-electron chi connectivity index (χ2n) is 6.53. The number of hydrogen-bond donors (Lipinski definition) is 3. The highest BCUT2D eigenvalue weighted by Crippen LogP contribution is 2.34. The van der Waals surface area contributed by atoms with E-state index in [9.17, 15) is 9.90 Å². The Hall–Kier alpha value is -1.55. The van der Waals surface area contributed by atoms with Gasteiger partial charge in [0.15, 0.2) is 0 Å². The van der Waals surface area contributed by atoms with E-state index >= 15 is 0 Å². The van der Waals surface area contributed by atoms with E-state index in [0.29, 0.717) is 12.1 Å². The molecule has 0 saturated heterocycles. The number of aryl methyl sites for hydroxylation is 1. The van der Waals surface area contributed by atoms with Gasteiger partial charge in [0.1, 0.15) is 5.75 Å². The Morgan fingerprint density at radius 2 is 2.00 bits per heavy atom. The maximum atomic E-state index is 11.9. The maximum absolute atomic E-state index is 11.9. The third kappa shape index (κ3) is 4.53. The van der Waals surface area contributed by atoms with Gasteiger partial charge < -0.3 is 16.2 Å². The molecule has 4 nitrogen and oxygen atoms in total. The largest absolute Gasteiger partial charge is 0.507 e. The summed E-state index contributed by atoms with van der Waals surface area (Å²) in [6, 6.07) is 3.75. The van der Waals surface area contributed by atoms with Gasteiger partial charge in [0, 0.05) is 18.2 Å². The maximum Gasteiger partial charge on any atom is 0.224 e. The lowest BCUT2D eigenvalue weighted by Crippen LogP contribution is -2.36. The van der Waals surface area contributed by atoms with Crippen molar-refractivity contribution in [2.75, 3.05) is 6.54 Å². The van der Waals surface area contributed by atoms with Crippen LogP contribution in [0, 0.1) is 6.92 Å². The first-order valence-electron chi connectivity index (χ1n) is 6.96. The number of rotatable bonds is 4. The molecule has 112 valence electrons. The number of nitrogens with one attached hydrogen (secondary N) is 1. The first-order chi connectivity index (χ1) is 9.11. The Bertz CT molecular complexity index is 488. The van der Waals surface area contributed by atoms with Crippen molar-refractivity contribution in [1.82, 2.24) is 5.32 Å². The Morgan fingerprint density at radius 3 is 2.50 bits per heavy atom. The summed E-state index contributed by atoms with van der Waals surface area (Å²) in [5, 5.41) is 13.1. The zero-order chi connectivity index (χ0) is 15.5. The highest BCUT2D eigenvalue weighted by molar-refractivity contribution is 5.79. The van der Waals surface area contributed by atoms with Crippen molar-refractivity contribution in [3.8, 4) is 5.75 Å². The fraction of sp³-hybridized carbons (Fsp3) is 0.562. The second kappa shape index (κ2) is 6.27. The third-order valence-electron chi connectivity index (χ3n) is 3.11. The van der Waals surface area contributed by atoms with Crippen LogP contribution in [0.4, 0.5) is 0 Å². The van der Waals surface area contributed by atoms with Crippen LogP contribution in [-0.4, -0.2) is 23.6 Å². The molecule has 0 saturated carbocycles. The van der Waals surface area contributed by atoms with Crippen molar-refractivity contribution in [2.45, 2.75) is 52.5 Å². The first kappa shape index (κ1) is 16.5. The van der Waals surface area contributed by atoms with Gasteiger partial charge in [-0.15, -0.1) is 0 Å². The van der Waals surface area contributed by atoms with E-state index in [0.717, 1.165) is 11.1 Å². The van der Waals surface area contributed by atoms with Crippen LogP contribution in [0.15, 0.2) is 12.1 Å². The fourth-order valence-electron chi connectivity index (χ4n) is 2.07. The highest BCUT2D eigenvalue weighted by atomic mass is 16.3. The van der Waals surface area contributed by atoms with E-state index in [1.165, 1.54) is 0 Å². The minimum Gasteiger partial charge on any atom is -0.507 e. The number of aromatic hydroxyl groups is 1. The summed E-state index contributed by atoms with van der Waals surface area (Å²) in [6.45, 7) is 10.4. The predicted molar refractivity (Wildman–Crippen MR) is 81.9 cm³/mol. The van der Waals surface area contributed by atoms with Crippen LogP contribution in [0.3, 0.4) is 0 Å². The topological polar surface area (TPSA) is 75.4 Å². The molecule has 1 atom stereocenters. The monoisotopic (exact) mass is 278 g/mol.